The molecular weight excluding hydrogens is 424 g/mol. The number of rotatable bonds is 5. The third kappa shape index (κ3) is 3.77. The van der Waals surface area contributed by atoms with Crippen LogP contribution in [0.1, 0.15) is 33.4 Å². The molecule has 0 saturated heterocycles. The predicted octanol–water partition coefficient (Wildman–Crippen LogP) is 4.65. The van der Waals surface area contributed by atoms with Crippen LogP contribution in [0.15, 0.2) is 72.4 Å². The Morgan fingerprint density at radius 1 is 0.882 bits per heavy atom. The van der Waals surface area contributed by atoms with Gasteiger partial charge in [-0.05, 0) is 48.6 Å². The molecule has 5 nitrogen and oxygen atoms in total. The maximum atomic E-state index is 13.9. The lowest BCUT2D eigenvalue weighted by Gasteiger charge is -2.31. The number of amides is 2. The van der Waals surface area contributed by atoms with E-state index in [-0.39, 0.29) is 18.4 Å². The number of carbonyl (C=O) groups excluding carboxylic acids is 2. The molecule has 5 rings (SSSR count). The summed E-state index contributed by atoms with van der Waals surface area (Å²) in [5.41, 5.74) is 7.23. The zero-order valence-electron chi connectivity index (χ0n) is 19.8. The Hall–Kier alpha value is -3.86. The largest absolute Gasteiger partial charge is 0.496 e. The van der Waals surface area contributed by atoms with Crippen LogP contribution in [-0.2, 0) is 29.1 Å². The first-order chi connectivity index (χ1) is 16.5. The SMILES string of the molecule is COc1ccccc1CN1C(=O)C(c2ccc(C)cc2C)=C(N2CCc3ccccc3C2)C1=O. The fraction of sp³-hybridized carbons (Fsp3) is 0.241. The second kappa shape index (κ2) is 8.82. The highest BCUT2D eigenvalue weighted by Gasteiger charge is 2.42. The monoisotopic (exact) mass is 452 g/mol. The third-order valence-electron chi connectivity index (χ3n) is 6.76. The van der Waals surface area contributed by atoms with E-state index in [0.717, 1.165) is 28.7 Å². The standard InChI is InChI=1S/C29H28N2O3/c1-19-12-13-24(20(2)16-19)26-27(30-15-14-21-8-4-5-9-22(21)17-30)29(33)31(28(26)32)18-23-10-6-7-11-25(23)34-3/h4-13,16H,14-15,17-18H2,1-3H3. The third-order valence-corrected chi connectivity index (χ3v) is 6.76. The van der Waals surface area contributed by atoms with Crippen LogP contribution in [0.2, 0.25) is 0 Å². The topological polar surface area (TPSA) is 49.9 Å². The molecule has 2 aliphatic rings. The van der Waals surface area contributed by atoms with Gasteiger partial charge in [-0.3, -0.25) is 14.5 Å². The Balaban J connectivity index is 1.59. The summed E-state index contributed by atoms with van der Waals surface area (Å²) < 4.78 is 5.48. The second-order valence-corrected chi connectivity index (χ2v) is 8.99. The quantitative estimate of drug-likeness (QED) is 0.529. The van der Waals surface area contributed by atoms with Crippen molar-refractivity contribution >= 4 is 17.4 Å². The Kier molecular flexibility index (Phi) is 5.70. The van der Waals surface area contributed by atoms with Crippen LogP contribution < -0.4 is 4.74 Å². The fourth-order valence-electron chi connectivity index (χ4n) is 5.03. The molecule has 3 aromatic carbocycles. The van der Waals surface area contributed by atoms with Crippen molar-refractivity contribution in [1.29, 1.82) is 0 Å². The summed E-state index contributed by atoms with van der Waals surface area (Å²) in [4.78, 5) is 31.1. The molecule has 0 aliphatic carbocycles. The molecule has 0 radical (unpaired) electrons. The lowest BCUT2D eigenvalue weighted by molar-refractivity contribution is -0.138. The summed E-state index contributed by atoms with van der Waals surface area (Å²) in [6.07, 6.45) is 0.841. The van der Waals surface area contributed by atoms with Gasteiger partial charge in [-0.1, -0.05) is 66.2 Å². The van der Waals surface area contributed by atoms with Gasteiger partial charge in [-0.2, -0.15) is 0 Å². The minimum Gasteiger partial charge on any atom is -0.496 e. The number of hydrogen-bond donors (Lipinski definition) is 0. The first kappa shape index (κ1) is 22.0. The minimum absolute atomic E-state index is 0.171. The summed E-state index contributed by atoms with van der Waals surface area (Å²) in [5, 5.41) is 0. The van der Waals surface area contributed by atoms with Crippen molar-refractivity contribution in [1.82, 2.24) is 9.80 Å². The zero-order valence-corrected chi connectivity index (χ0v) is 19.8. The molecule has 0 saturated carbocycles. The van der Waals surface area contributed by atoms with E-state index in [2.05, 4.69) is 23.1 Å². The number of para-hydroxylation sites is 1. The summed E-state index contributed by atoms with van der Waals surface area (Å²) in [7, 11) is 1.60. The molecule has 2 aliphatic heterocycles. The number of imide groups is 1. The number of carbonyl (C=O) groups is 2. The van der Waals surface area contributed by atoms with Crippen LogP contribution in [0.3, 0.4) is 0 Å². The second-order valence-electron chi connectivity index (χ2n) is 8.99. The van der Waals surface area contributed by atoms with Gasteiger partial charge in [-0.15, -0.1) is 0 Å². The zero-order chi connectivity index (χ0) is 23.8. The van der Waals surface area contributed by atoms with Gasteiger partial charge in [0.05, 0.1) is 19.2 Å². The number of benzene rings is 3. The average molecular weight is 453 g/mol. The Morgan fingerprint density at radius 3 is 2.38 bits per heavy atom. The van der Waals surface area contributed by atoms with Crippen molar-refractivity contribution in [2.75, 3.05) is 13.7 Å². The minimum atomic E-state index is -0.253. The van der Waals surface area contributed by atoms with Crippen molar-refractivity contribution in [2.45, 2.75) is 33.4 Å². The van der Waals surface area contributed by atoms with Crippen molar-refractivity contribution in [3.05, 3.63) is 106 Å². The summed E-state index contributed by atoms with van der Waals surface area (Å²) in [6, 6.07) is 21.9. The number of aryl methyl sites for hydroxylation is 2. The van der Waals surface area contributed by atoms with Gasteiger partial charge < -0.3 is 9.64 Å². The van der Waals surface area contributed by atoms with Gasteiger partial charge in [0.1, 0.15) is 11.4 Å². The number of fused-ring (bicyclic) bond motifs is 1. The highest BCUT2D eigenvalue weighted by molar-refractivity contribution is 6.35. The van der Waals surface area contributed by atoms with Crippen molar-refractivity contribution in [3.8, 4) is 5.75 Å². The van der Waals surface area contributed by atoms with Gasteiger partial charge in [0.2, 0.25) is 0 Å². The van der Waals surface area contributed by atoms with Crippen molar-refractivity contribution < 1.29 is 14.3 Å². The first-order valence-corrected chi connectivity index (χ1v) is 11.6. The molecule has 172 valence electrons. The Labute approximate surface area is 200 Å². The summed E-state index contributed by atoms with van der Waals surface area (Å²) in [5.74, 6) is 0.165. The van der Waals surface area contributed by atoms with Crippen LogP contribution in [0.5, 0.6) is 5.75 Å². The van der Waals surface area contributed by atoms with Gasteiger partial charge >= 0.3 is 0 Å². The molecule has 0 spiro atoms. The molecule has 2 heterocycles. The van der Waals surface area contributed by atoms with E-state index in [1.54, 1.807) is 7.11 Å². The molecule has 3 aromatic rings. The molecule has 5 heteroatoms. The molecule has 2 amide bonds. The molecule has 0 atom stereocenters. The molecule has 34 heavy (non-hydrogen) atoms. The van der Waals surface area contributed by atoms with E-state index >= 15 is 0 Å². The van der Waals surface area contributed by atoms with E-state index in [1.807, 2.05) is 62.4 Å². The first-order valence-electron chi connectivity index (χ1n) is 11.6. The summed E-state index contributed by atoms with van der Waals surface area (Å²) in [6.45, 7) is 5.51. The van der Waals surface area contributed by atoms with E-state index in [1.165, 1.54) is 16.0 Å². The van der Waals surface area contributed by atoms with Gasteiger partial charge in [0.15, 0.2) is 0 Å². The van der Waals surface area contributed by atoms with E-state index < -0.39 is 0 Å². The van der Waals surface area contributed by atoms with Crippen LogP contribution in [0.4, 0.5) is 0 Å². The molecule has 0 N–H and O–H groups in total. The predicted molar refractivity (Wildman–Crippen MR) is 132 cm³/mol. The maximum absolute atomic E-state index is 13.9. The Bertz CT molecular complexity index is 1320. The van der Waals surface area contributed by atoms with Crippen LogP contribution in [0, 0.1) is 13.8 Å². The number of nitrogens with zero attached hydrogens (tertiary/aromatic N) is 2. The molecule has 0 aromatic heterocycles. The fourth-order valence-corrected chi connectivity index (χ4v) is 5.03. The Morgan fingerprint density at radius 2 is 1.62 bits per heavy atom. The number of methoxy groups -OCH3 is 1. The lowest BCUT2D eigenvalue weighted by atomic mass is 9.95. The smallest absolute Gasteiger partial charge is 0.278 e. The van der Waals surface area contributed by atoms with E-state index in [9.17, 15) is 9.59 Å². The van der Waals surface area contributed by atoms with E-state index in [0.29, 0.717) is 30.1 Å². The van der Waals surface area contributed by atoms with Crippen molar-refractivity contribution in [2.24, 2.45) is 0 Å². The van der Waals surface area contributed by atoms with Crippen LogP contribution in [-0.4, -0.2) is 35.3 Å². The van der Waals surface area contributed by atoms with Gasteiger partial charge in [0.25, 0.3) is 11.8 Å². The lowest BCUT2D eigenvalue weighted by Crippen LogP contribution is -2.37. The van der Waals surface area contributed by atoms with Crippen molar-refractivity contribution in [3.63, 3.8) is 0 Å². The molecule has 0 fully saturated rings. The summed E-state index contributed by atoms with van der Waals surface area (Å²) >= 11 is 0. The highest BCUT2D eigenvalue weighted by atomic mass is 16.5. The molecule has 0 bridgehead atoms. The van der Waals surface area contributed by atoms with Crippen LogP contribution >= 0.6 is 0 Å². The van der Waals surface area contributed by atoms with Gasteiger partial charge in [-0.25, -0.2) is 0 Å². The molecular formula is C29H28N2O3. The normalized spacial score (nSPS) is 15.7. The number of ether oxygens (including phenoxy) is 1. The van der Waals surface area contributed by atoms with Gasteiger partial charge in [0, 0.05) is 18.7 Å². The molecule has 0 unspecified atom stereocenters. The van der Waals surface area contributed by atoms with E-state index in [4.69, 9.17) is 4.74 Å². The average Bonchev–Trinajstić information content (AvgIpc) is 3.09. The van der Waals surface area contributed by atoms with Crippen LogP contribution in [0.25, 0.3) is 5.57 Å². The highest BCUT2D eigenvalue weighted by Crippen LogP contribution is 2.37. The number of hydrogen-bond acceptors (Lipinski definition) is 4. The maximum Gasteiger partial charge on any atom is 0.278 e.